The first-order valence-electron chi connectivity index (χ1n) is 2.48. The normalized spacial score (nSPS) is 27.7. The van der Waals surface area contributed by atoms with E-state index in [1.54, 1.807) is 0 Å². The number of hydrogen-bond acceptors (Lipinski definition) is 3. The molecule has 1 unspecified atom stereocenters. The third kappa shape index (κ3) is 1.10. The maximum atomic E-state index is 11.8. The molecule has 3 nitrogen and oxygen atoms in total. The van der Waals surface area contributed by atoms with Crippen LogP contribution in [0.1, 0.15) is 12.8 Å². The molecule has 1 saturated carbocycles. The maximum absolute atomic E-state index is 11.8. The van der Waals surface area contributed by atoms with Crippen LogP contribution < -0.4 is 0 Å². The van der Waals surface area contributed by atoms with Gasteiger partial charge in [0.15, 0.2) is 5.78 Å². The van der Waals surface area contributed by atoms with Crippen molar-refractivity contribution in [3.63, 3.8) is 0 Å². The van der Waals surface area contributed by atoms with Gasteiger partial charge in [-0.2, -0.15) is 8.42 Å². The molecule has 0 amide bonds. The van der Waals surface area contributed by atoms with Crippen molar-refractivity contribution in [2.24, 2.45) is 0 Å². The summed E-state index contributed by atoms with van der Waals surface area (Å²) in [5.41, 5.74) is 0. The molecular formula is C4H5FO3S. The molecule has 0 saturated heterocycles. The van der Waals surface area contributed by atoms with E-state index in [1.165, 1.54) is 0 Å². The summed E-state index contributed by atoms with van der Waals surface area (Å²) in [6, 6.07) is 0. The quantitative estimate of drug-likeness (QED) is 0.497. The molecule has 0 N–H and O–H groups in total. The molecule has 5 heteroatoms. The van der Waals surface area contributed by atoms with Crippen molar-refractivity contribution in [2.45, 2.75) is 18.1 Å². The van der Waals surface area contributed by atoms with E-state index in [9.17, 15) is 17.1 Å². The van der Waals surface area contributed by atoms with E-state index in [4.69, 9.17) is 0 Å². The number of carbonyl (C=O) groups excluding carboxylic acids is 1. The predicted octanol–water partition coefficient (Wildman–Crippen LogP) is 0.0172. The Labute approximate surface area is 52.1 Å². The fourth-order valence-corrected chi connectivity index (χ4v) is 1.51. The highest BCUT2D eigenvalue weighted by atomic mass is 32.3. The van der Waals surface area contributed by atoms with Crippen LogP contribution in [0.2, 0.25) is 0 Å². The van der Waals surface area contributed by atoms with Crippen molar-refractivity contribution >= 4 is 16.0 Å². The predicted molar refractivity (Wildman–Crippen MR) is 28.1 cm³/mol. The highest BCUT2D eigenvalue weighted by molar-refractivity contribution is 7.87. The Morgan fingerprint density at radius 3 is 2.11 bits per heavy atom. The Hall–Kier alpha value is -0.450. The molecule has 0 aliphatic heterocycles. The molecule has 0 spiro atoms. The van der Waals surface area contributed by atoms with Crippen molar-refractivity contribution in [3.05, 3.63) is 0 Å². The number of hydrogen-bond donors (Lipinski definition) is 0. The first-order chi connectivity index (χ1) is 4.02. The van der Waals surface area contributed by atoms with E-state index < -0.39 is 21.3 Å². The molecule has 0 aromatic rings. The van der Waals surface area contributed by atoms with Crippen LogP contribution in [0.5, 0.6) is 0 Å². The van der Waals surface area contributed by atoms with Gasteiger partial charge in [0.2, 0.25) is 0 Å². The van der Waals surface area contributed by atoms with E-state index >= 15 is 0 Å². The van der Waals surface area contributed by atoms with E-state index in [0.717, 1.165) is 0 Å². The SMILES string of the molecule is O=C1CCC1S(=O)(=O)F. The molecule has 1 fully saturated rings. The van der Waals surface area contributed by atoms with Crippen molar-refractivity contribution in [1.82, 2.24) is 0 Å². The van der Waals surface area contributed by atoms with Gasteiger partial charge in [0.1, 0.15) is 5.25 Å². The van der Waals surface area contributed by atoms with Crippen LogP contribution in [-0.4, -0.2) is 19.5 Å². The zero-order valence-electron chi connectivity index (χ0n) is 4.50. The lowest BCUT2D eigenvalue weighted by Gasteiger charge is -2.18. The third-order valence-electron chi connectivity index (χ3n) is 1.35. The molecule has 0 aromatic heterocycles. The van der Waals surface area contributed by atoms with Crippen molar-refractivity contribution in [1.29, 1.82) is 0 Å². The van der Waals surface area contributed by atoms with E-state index in [0.29, 0.717) is 0 Å². The first-order valence-corrected chi connectivity index (χ1v) is 3.92. The highest BCUT2D eigenvalue weighted by Gasteiger charge is 2.39. The lowest BCUT2D eigenvalue weighted by molar-refractivity contribution is -0.123. The lowest BCUT2D eigenvalue weighted by atomic mass is 9.98. The second-order valence-corrected chi connectivity index (χ2v) is 3.49. The van der Waals surface area contributed by atoms with Gasteiger partial charge >= 0.3 is 10.2 Å². The second-order valence-electron chi connectivity index (χ2n) is 1.97. The van der Waals surface area contributed by atoms with Gasteiger partial charge in [0.25, 0.3) is 0 Å². The minimum absolute atomic E-state index is 0.150. The Balaban J connectivity index is 2.77. The molecule has 0 aromatic carbocycles. The van der Waals surface area contributed by atoms with Gasteiger partial charge in [-0.1, -0.05) is 0 Å². The average molecular weight is 152 g/mol. The van der Waals surface area contributed by atoms with Crippen LogP contribution in [0, 0.1) is 0 Å². The molecule has 0 radical (unpaired) electrons. The lowest BCUT2D eigenvalue weighted by Crippen LogP contribution is -2.36. The van der Waals surface area contributed by atoms with Crippen molar-refractivity contribution < 1.29 is 17.1 Å². The van der Waals surface area contributed by atoms with Gasteiger partial charge in [0, 0.05) is 6.42 Å². The Kier molecular flexibility index (Phi) is 1.31. The summed E-state index contributed by atoms with van der Waals surface area (Å²) in [6.07, 6.45) is 0.353. The van der Waals surface area contributed by atoms with Gasteiger partial charge in [-0.3, -0.25) is 4.79 Å². The molecule has 0 heterocycles. The summed E-state index contributed by atoms with van der Waals surface area (Å²) in [6.45, 7) is 0. The molecule has 52 valence electrons. The molecular weight excluding hydrogens is 147 g/mol. The highest BCUT2D eigenvalue weighted by Crippen LogP contribution is 2.23. The van der Waals surface area contributed by atoms with Gasteiger partial charge < -0.3 is 0 Å². The summed E-state index contributed by atoms with van der Waals surface area (Å²) in [5.74, 6) is -0.502. The minimum Gasteiger partial charge on any atom is -0.298 e. The van der Waals surface area contributed by atoms with Crippen LogP contribution in [-0.2, 0) is 15.0 Å². The molecule has 1 aliphatic carbocycles. The van der Waals surface area contributed by atoms with Gasteiger partial charge in [0.05, 0.1) is 0 Å². The third-order valence-corrected chi connectivity index (χ3v) is 2.53. The first kappa shape index (κ1) is 6.67. The van der Waals surface area contributed by atoms with Gasteiger partial charge in [-0.25, -0.2) is 0 Å². The Morgan fingerprint density at radius 1 is 1.56 bits per heavy atom. The van der Waals surface area contributed by atoms with E-state index in [1.807, 2.05) is 0 Å². The molecule has 1 aliphatic rings. The summed E-state index contributed by atoms with van der Waals surface area (Å²) >= 11 is 0. The number of rotatable bonds is 1. The van der Waals surface area contributed by atoms with Crippen LogP contribution in [0.4, 0.5) is 3.89 Å². The Bertz CT molecular complexity index is 230. The number of halogens is 1. The summed E-state index contributed by atoms with van der Waals surface area (Å²) in [4.78, 5) is 10.3. The topological polar surface area (TPSA) is 51.2 Å². The smallest absolute Gasteiger partial charge is 0.298 e. The number of carbonyl (C=O) groups is 1. The van der Waals surface area contributed by atoms with Crippen LogP contribution in [0.3, 0.4) is 0 Å². The second kappa shape index (κ2) is 1.76. The molecule has 1 rings (SSSR count). The van der Waals surface area contributed by atoms with E-state index in [-0.39, 0.29) is 12.8 Å². The van der Waals surface area contributed by atoms with Crippen molar-refractivity contribution in [3.8, 4) is 0 Å². The van der Waals surface area contributed by atoms with Crippen LogP contribution >= 0.6 is 0 Å². The number of Topliss-reactive ketones (excluding diaryl/α,β-unsaturated/α-hetero) is 1. The minimum atomic E-state index is -4.56. The standard InChI is InChI=1S/C4H5FO3S/c5-9(7,8)4-2-1-3(4)6/h4H,1-2H2. The molecule has 9 heavy (non-hydrogen) atoms. The maximum Gasteiger partial charge on any atom is 0.312 e. The average Bonchev–Trinajstić information content (AvgIpc) is 1.57. The zero-order valence-corrected chi connectivity index (χ0v) is 5.32. The summed E-state index contributed by atoms with van der Waals surface area (Å²) in [7, 11) is -4.56. The van der Waals surface area contributed by atoms with Gasteiger partial charge in [-0.15, -0.1) is 3.89 Å². The Morgan fingerprint density at radius 2 is 2.11 bits per heavy atom. The molecule has 0 bridgehead atoms. The van der Waals surface area contributed by atoms with Gasteiger partial charge in [-0.05, 0) is 6.42 Å². The monoisotopic (exact) mass is 152 g/mol. The summed E-state index contributed by atoms with van der Waals surface area (Å²) in [5, 5.41) is -1.34. The van der Waals surface area contributed by atoms with Crippen LogP contribution in [0.15, 0.2) is 0 Å². The fraction of sp³-hybridized carbons (Fsp3) is 0.750. The summed E-state index contributed by atoms with van der Waals surface area (Å²) < 4.78 is 31.7. The van der Waals surface area contributed by atoms with Crippen LogP contribution in [0.25, 0.3) is 0 Å². The fourth-order valence-electron chi connectivity index (χ4n) is 0.678. The molecule has 1 atom stereocenters. The van der Waals surface area contributed by atoms with Crippen molar-refractivity contribution in [2.75, 3.05) is 0 Å². The number of ketones is 1. The largest absolute Gasteiger partial charge is 0.312 e. The zero-order chi connectivity index (χ0) is 7.07. The van der Waals surface area contributed by atoms with E-state index in [2.05, 4.69) is 0 Å².